The molecule has 276 valence electrons. The van der Waals surface area contributed by atoms with Gasteiger partial charge in [0, 0.05) is 82.5 Å². The number of nitrogens with zero attached hydrogens (tertiary/aromatic N) is 5. The number of ether oxygens (including phenoxy) is 3. The van der Waals surface area contributed by atoms with E-state index in [9.17, 15) is 14.4 Å². The Morgan fingerprint density at radius 3 is 2.33 bits per heavy atom. The molecule has 1 atom stereocenters. The molecule has 2 aliphatic rings. The first kappa shape index (κ1) is 37.7. The average Bonchev–Trinajstić information content (AvgIpc) is 3.66. The molecule has 1 N–H and O–H groups in total. The van der Waals surface area contributed by atoms with Crippen LogP contribution in [-0.4, -0.2) is 113 Å². The van der Waals surface area contributed by atoms with E-state index in [1.807, 2.05) is 63.1 Å². The minimum Gasteiger partial charge on any atom is -0.478 e. The molecule has 0 aliphatic carbocycles. The molecule has 2 saturated heterocycles. The van der Waals surface area contributed by atoms with Crippen molar-refractivity contribution in [2.24, 2.45) is 5.92 Å². The summed E-state index contributed by atoms with van der Waals surface area (Å²) in [5.74, 6) is 0.421. The standard InChI is InChI=1S/C39H54N6O6/c1-7-49-23-22-45(27-29-13-15-30(16-14-29)32-25-40-41-26-32)35(46)31-10-9-17-44(28-31)33-11-8-12-34(24-33)50-39(5,6)36(47)42-18-20-43(21-19-42)37(48)51-38(2,3)4/h8,11-16,24-26,31H,7,9-10,17-23,27-28H2,1-6H3,(H,40,41)/t31-/m1/s1. The molecule has 0 bridgehead atoms. The van der Waals surface area contributed by atoms with Crippen molar-refractivity contribution >= 4 is 23.6 Å². The fourth-order valence-corrected chi connectivity index (χ4v) is 6.57. The van der Waals surface area contributed by atoms with E-state index >= 15 is 0 Å². The Bertz CT molecular complexity index is 1590. The van der Waals surface area contributed by atoms with Crippen molar-refractivity contribution in [2.45, 2.75) is 72.1 Å². The minimum absolute atomic E-state index is 0.129. The van der Waals surface area contributed by atoms with E-state index in [1.54, 1.807) is 29.8 Å². The van der Waals surface area contributed by atoms with Gasteiger partial charge in [0.15, 0.2) is 5.60 Å². The number of carbonyl (C=O) groups excluding carboxylic acids is 3. The van der Waals surface area contributed by atoms with Crippen LogP contribution in [0, 0.1) is 5.92 Å². The molecule has 0 spiro atoms. The molecule has 5 rings (SSSR count). The molecular formula is C39H54N6O6. The molecular weight excluding hydrogens is 648 g/mol. The van der Waals surface area contributed by atoms with E-state index in [1.165, 1.54) is 0 Å². The van der Waals surface area contributed by atoms with Gasteiger partial charge in [-0.3, -0.25) is 14.7 Å². The smallest absolute Gasteiger partial charge is 0.410 e. The topological polar surface area (TPSA) is 121 Å². The number of carbonyl (C=O) groups is 3. The summed E-state index contributed by atoms with van der Waals surface area (Å²) in [6.07, 6.45) is 5.00. The molecule has 2 aromatic carbocycles. The van der Waals surface area contributed by atoms with E-state index < -0.39 is 11.2 Å². The van der Waals surface area contributed by atoms with Crippen molar-refractivity contribution in [3.8, 4) is 16.9 Å². The number of rotatable bonds is 12. The number of hydrogen-bond donors (Lipinski definition) is 1. The summed E-state index contributed by atoms with van der Waals surface area (Å²) in [7, 11) is 0. The summed E-state index contributed by atoms with van der Waals surface area (Å²) in [5.41, 5.74) is 2.41. The molecule has 1 aromatic heterocycles. The highest BCUT2D eigenvalue weighted by Gasteiger charge is 2.37. The van der Waals surface area contributed by atoms with Crippen LogP contribution in [0.2, 0.25) is 0 Å². The molecule has 51 heavy (non-hydrogen) atoms. The van der Waals surface area contributed by atoms with Crippen molar-refractivity contribution in [1.29, 1.82) is 0 Å². The molecule has 0 radical (unpaired) electrons. The van der Waals surface area contributed by atoms with Gasteiger partial charge < -0.3 is 33.8 Å². The van der Waals surface area contributed by atoms with Gasteiger partial charge in [-0.25, -0.2) is 4.79 Å². The quantitative estimate of drug-likeness (QED) is 0.243. The van der Waals surface area contributed by atoms with Gasteiger partial charge in [0.05, 0.1) is 18.7 Å². The second-order valence-corrected chi connectivity index (χ2v) is 14.8. The molecule has 2 fully saturated rings. The lowest BCUT2D eigenvalue weighted by molar-refractivity contribution is -0.147. The van der Waals surface area contributed by atoms with E-state index in [0.717, 1.165) is 41.8 Å². The first-order chi connectivity index (χ1) is 24.3. The summed E-state index contributed by atoms with van der Waals surface area (Å²) < 4.78 is 17.5. The van der Waals surface area contributed by atoms with Crippen LogP contribution < -0.4 is 9.64 Å². The molecule has 12 nitrogen and oxygen atoms in total. The highest BCUT2D eigenvalue weighted by Crippen LogP contribution is 2.30. The predicted octanol–water partition coefficient (Wildman–Crippen LogP) is 5.60. The lowest BCUT2D eigenvalue weighted by atomic mass is 9.95. The zero-order valence-corrected chi connectivity index (χ0v) is 31.0. The second-order valence-electron chi connectivity index (χ2n) is 14.8. The SMILES string of the molecule is CCOCCN(Cc1ccc(-c2cn[nH]c2)cc1)C(=O)[C@@H]1CCCN(c2cccc(OC(C)(C)C(=O)N3CCN(C(=O)OC(C)(C)C)CC3)c2)C1. The maximum atomic E-state index is 14.1. The largest absolute Gasteiger partial charge is 0.478 e. The fourth-order valence-electron chi connectivity index (χ4n) is 6.57. The van der Waals surface area contributed by atoms with Crippen LogP contribution in [-0.2, 0) is 25.6 Å². The van der Waals surface area contributed by atoms with Crippen molar-refractivity contribution in [3.05, 3.63) is 66.5 Å². The number of piperazine rings is 1. The summed E-state index contributed by atoms with van der Waals surface area (Å²) in [6.45, 7) is 16.2. The Morgan fingerprint density at radius 2 is 1.67 bits per heavy atom. The lowest BCUT2D eigenvalue weighted by Crippen LogP contribution is -2.57. The van der Waals surface area contributed by atoms with Crippen LogP contribution in [0.1, 0.15) is 59.9 Å². The normalized spacial score (nSPS) is 16.9. The van der Waals surface area contributed by atoms with Gasteiger partial charge in [-0.2, -0.15) is 5.10 Å². The minimum atomic E-state index is -1.12. The Labute approximate surface area is 302 Å². The van der Waals surface area contributed by atoms with Crippen molar-refractivity contribution in [1.82, 2.24) is 24.9 Å². The third-order valence-corrected chi connectivity index (χ3v) is 9.24. The van der Waals surface area contributed by atoms with Gasteiger partial charge in [0.1, 0.15) is 11.4 Å². The zero-order valence-electron chi connectivity index (χ0n) is 31.0. The van der Waals surface area contributed by atoms with Crippen molar-refractivity contribution in [2.75, 3.05) is 63.9 Å². The number of aromatic nitrogens is 2. The average molecular weight is 703 g/mol. The Morgan fingerprint density at radius 1 is 0.941 bits per heavy atom. The maximum absolute atomic E-state index is 14.1. The third kappa shape index (κ3) is 10.2. The first-order valence-corrected chi connectivity index (χ1v) is 18.1. The molecule has 0 unspecified atom stereocenters. The summed E-state index contributed by atoms with van der Waals surface area (Å²) in [6, 6.07) is 16.0. The van der Waals surface area contributed by atoms with E-state index in [4.69, 9.17) is 14.2 Å². The highest BCUT2D eigenvalue weighted by molar-refractivity contribution is 5.85. The number of amides is 3. The summed E-state index contributed by atoms with van der Waals surface area (Å²) >= 11 is 0. The molecule has 0 saturated carbocycles. The highest BCUT2D eigenvalue weighted by atomic mass is 16.6. The first-order valence-electron chi connectivity index (χ1n) is 18.1. The monoisotopic (exact) mass is 702 g/mol. The fraction of sp³-hybridized carbons (Fsp3) is 0.538. The van der Waals surface area contributed by atoms with Crippen LogP contribution in [0.5, 0.6) is 5.75 Å². The Balaban J connectivity index is 1.19. The Kier molecular flexibility index (Phi) is 12.3. The lowest BCUT2D eigenvalue weighted by Gasteiger charge is -2.39. The van der Waals surface area contributed by atoms with Gasteiger partial charge >= 0.3 is 6.09 Å². The Hall–Kier alpha value is -4.58. The van der Waals surface area contributed by atoms with Crippen LogP contribution in [0.3, 0.4) is 0 Å². The predicted molar refractivity (Wildman–Crippen MR) is 196 cm³/mol. The third-order valence-electron chi connectivity index (χ3n) is 9.24. The number of aromatic amines is 1. The molecule has 3 amide bonds. The van der Waals surface area contributed by atoms with Crippen LogP contribution in [0.15, 0.2) is 60.9 Å². The number of H-pyrrole nitrogens is 1. The summed E-state index contributed by atoms with van der Waals surface area (Å²) in [4.78, 5) is 47.7. The summed E-state index contributed by atoms with van der Waals surface area (Å²) in [5, 5.41) is 6.89. The van der Waals surface area contributed by atoms with Crippen LogP contribution in [0.4, 0.5) is 10.5 Å². The van der Waals surface area contributed by atoms with Gasteiger partial charge in [0.2, 0.25) is 5.91 Å². The van der Waals surface area contributed by atoms with Gasteiger partial charge in [0.25, 0.3) is 5.91 Å². The number of benzene rings is 2. The van der Waals surface area contributed by atoms with Crippen LogP contribution >= 0.6 is 0 Å². The molecule has 12 heteroatoms. The van der Waals surface area contributed by atoms with Crippen molar-refractivity contribution < 1.29 is 28.6 Å². The number of nitrogens with one attached hydrogen (secondary N) is 1. The van der Waals surface area contributed by atoms with E-state index in [0.29, 0.717) is 64.8 Å². The number of piperidine rings is 1. The van der Waals surface area contributed by atoms with Gasteiger partial charge in [-0.1, -0.05) is 30.3 Å². The second kappa shape index (κ2) is 16.6. The maximum Gasteiger partial charge on any atom is 0.410 e. The van der Waals surface area contributed by atoms with Gasteiger partial charge in [-0.15, -0.1) is 0 Å². The number of anilines is 1. The van der Waals surface area contributed by atoms with E-state index in [2.05, 4.69) is 39.4 Å². The number of hydrogen-bond acceptors (Lipinski definition) is 8. The molecule has 2 aliphatic heterocycles. The van der Waals surface area contributed by atoms with Crippen molar-refractivity contribution in [3.63, 3.8) is 0 Å². The zero-order chi connectivity index (χ0) is 36.6. The molecule has 3 aromatic rings. The molecule has 3 heterocycles. The van der Waals surface area contributed by atoms with Crippen LogP contribution in [0.25, 0.3) is 11.1 Å². The van der Waals surface area contributed by atoms with E-state index in [-0.39, 0.29) is 23.8 Å². The van der Waals surface area contributed by atoms with Gasteiger partial charge in [-0.05, 0) is 77.6 Å².